The largest absolute Gasteiger partial charge is 0.397 e. The molecule has 0 bridgehead atoms. The SMILES string of the molecule is Nc1cc(N2CCSCC2)sc1C(=O)NC1CC1. The van der Waals surface area contributed by atoms with Crippen LogP contribution < -0.4 is 16.0 Å². The average Bonchev–Trinajstić information content (AvgIpc) is 3.10. The molecule has 2 aliphatic rings. The predicted molar refractivity (Wildman–Crippen MR) is 78.8 cm³/mol. The second-order valence-corrected chi connectivity index (χ2v) is 6.97. The van der Waals surface area contributed by atoms with Crippen molar-refractivity contribution >= 4 is 39.7 Å². The molecule has 0 radical (unpaired) electrons. The molecule has 1 aromatic heterocycles. The van der Waals surface area contributed by atoms with Gasteiger partial charge in [-0.2, -0.15) is 11.8 Å². The van der Waals surface area contributed by atoms with Crippen molar-refractivity contribution < 1.29 is 4.79 Å². The van der Waals surface area contributed by atoms with Gasteiger partial charge < -0.3 is 16.0 Å². The number of thiophene rings is 1. The van der Waals surface area contributed by atoms with Crippen LogP contribution in [0.25, 0.3) is 0 Å². The second-order valence-electron chi connectivity index (χ2n) is 4.72. The topological polar surface area (TPSA) is 58.4 Å². The van der Waals surface area contributed by atoms with Crippen molar-refractivity contribution in [1.82, 2.24) is 5.32 Å². The third-order valence-electron chi connectivity index (χ3n) is 3.19. The van der Waals surface area contributed by atoms with Crippen LogP contribution in [-0.4, -0.2) is 36.5 Å². The van der Waals surface area contributed by atoms with Crippen molar-refractivity contribution in [3.8, 4) is 0 Å². The van der Waals surface area contributed by atoms with Gasteiger partial charge in [0.15, 0.2) is 0 Å². The summed E-state index contributed by atoms with van der Waals surface area (Å²) in [5.74, 6) is 2.31. The smallest absolute Gasteiger partial charge is 0.263 e. The lowest BCUT2D eigenvalue weighted by molar-refractivity contribution is 0.0956. The highest BCUT2D eigenvalue weighted by molar-refractivity contribution is 7.99. The number of anilines is 2. The molecule has 4 nitrogen and oxygen atoms in total. The number of carbonyl (C=O) groups excluding carboxylic acids is 1. The highest BCUT2D eigenvalue weighted by Gasteiger charge is 2.26. The van der Waals surface area contributed by atoms with Crippen LogP contribution in [0.1, 0.15) is 22.5 Å². The summed E-state index contributed by atoms with van der Waals surface area (Å²) in [5.41, 5.74) is 6.58. The summed E-state index contributed by atoms with van der Waals surface area (Å²) in [6.45, 7) is 2.10. The number of thioether (sulfide) groups is 1. The van der Waals surface area contributed by atoms with Crippen molar-refractivity contribution in [3.05, 3.63) is 10.9 Å². The molecule has 1 amide bonds. The van der Waals surface area contributed by atoms with Crippen LogP contribution >= 0.6 is 23.1 Å². The lowest BCUT2D eigenvalue weighted by atomic mass is 10.3. The van der Waals surface area contributed by atoms with Crippen LogP contribution in [0.5, 0.6) is 0 Å². The van der Waals surface area contributed by atoms with Gasteiger partial charge in [-0.3, -0.25) is 4.79 Å². The van der Waals surface area contributed by atoms with Crippen molar-refractivity contribution in [2.24, 2.45) is 0 Å². The van der Waals surface area contributed by atoms with E-state index >= 15 is 0 Å². The molecule has 3 N–H and O–H groups in total. The van der Waals surface area contributed by atoms with Crippen LogP contribution in [0.15, 0.2) is 6.07 Å². The number of amides is 1. The quantitative estimate of drug-likeness (QED) is 0.888. The average molecular weight is 283 g/mol. The van der Waals surface area contributed by atoms with E-state index in [1.165, 1.54) is 11.3 Å². The molecule has 6 heteroatoms. The molecular weight excluding hydrogens is 266 g/mol. The molecule has 2 fully saturated rings. The summed E-state index contributed by atoms with van der Waals surface area (Å²) in [5, 5.41) is 4.13. The standard InChI is InChI=1S/C12H17N3OS2/c13-9-7-10(15-3-5-17-6-4-15)18-11(9)12(16)14-8-1-2-8/h7-8H,1-6,13H2,(H,14,16). The lowest BCUT2D eigenvalue weighted by Crippen LogP contribution is -2.31. The van der Waals surface area contributed by atoms with Crippen molar-refractivity contribution in [1.29, 1.82) is 0 Å². The fraction of sp³-hybridized carbons (Fsp3) is 0.583. The molecule has 1 saturated carbocycles. The summed E-state index contributed by atoms with van der Waals surface area (Å²) in [6.07, 6.45) is 2.21. The van der Waals surface area contributed by atoms with Gasteiger partial charge in [-0.15, -0.1) is 11.3 Å². The number of hydrogen-bond donors (Lipinski definition) is 2. The highest BCUT2D eigenvalue weighted by Crippen LogP contribution is 2.34. The Morgan fingerprint density at radius 3 is 2.78 bits per heavy atom. The zero-order valence-corrected chi connectivity index (χ0v) is 11.8. The third kappa shape index (κ3) is 2.59. The van der Waals surface area contributed by atoms with E-state index in [1.54, 1.807) is 0 Å². The van der Waals surface area contributed by atoms with Crippen molar-refractivity contribution in [2.45, 2.75) is 18.9 Å². The van der Waals surface area contributed by atoms with Crippen LogP contribution in [0, 0.1) is 0 Å². The first-order valence-electron chi connectivity index (χ1n) is 6.27. The minimum Gasteiger partial charge on any atom is -0.397 e. The van der Waals surface area contributed by atoms with Crippen molar-refractivity contribution in [2.75, 3.05) is 35.2 Å². The fourth-order valence-corrected chi connectivity index (χ4v) is 3.93. The van der Waals surface area contributed by atoms with Gasteiger partial charge in [-0.1, -0.05) is 0 Å². The molecule has 2 heterocycles. The molecule has 1 aromatic rings. The zero-order chi connectivity index (χ0) is 12.5. The molecular formula is C12H17N3OS2. The predicted octanol–water partition coefficient (Wildman–Crippen LogP) is 1.78. The maximum Gasteiger partial charge on any atom is 0.263 e. The van der Waals surface area contributed by atoms with Crippen LogP contribution in [0.4, 0.5) is 10.7 Å². The summed E-state index contributed by atoms with van der Waals surface area (Å²) in [7, 11) is 0. The third-order valence-corrected chi connectivity index (χ3v) is 5.34. The second kappa shape index (κ2) is 5.01. The Morgan fingerprint density at radius 2 is 2.11 bits per heavy atom. The molecule has 1 aliphatic carbocycles. The number of nitrogen functional groups attached to an aromatic ring is 1. The lowest BCUT2D eigenvalue weighted by Gasteiger charge is -2.26. The molecule has 1 aliphatic heterocycles. The summed E-state index contributed by atoms with van der Waals surface area (Å²) >= 11 is 3.50. The van der Waals surface area contributed by atoms with E-state index in [0.29, 0.717) is 16.6 Å². The van der Waals surface area contributed by atoms with Gasteiger partial charge in [0.25, 0.3) is 5.91 Å². The highest BCUT2D eigenvalue weighted by atomic mass is 32.2. The molecule has 3 rings (SSSR count). The maximum atomic E-state index is 12.0. The Morgan fingerprint density at radius 1 is 1.39 bits per heavy atom. The molecule has 0 atom stereocenters. The molecule has 1 saturated heterocycles. The van der Waals surface area contributed by atoms with Gasteiger partial charge in [0.05, 0.1) is 10.7 Å². The summed E-state index contributed by atoms with van der Waals surface area (Å²) in [4.78, 5) is 15.0. The Bertz CT molecular complexity index is 450. The Hall–Kier alpha value is -0.880. The Kier molecular flexibility index (Phi) is 3.39. The van der Waals surface area contributed by atoms with Gasteiger partial charge in [-0.05, 0) is 18.9 Å². The van der Waals surface area contributed by atoms with E-state index in [-0.39, 0.29) is 5.91 Å². The Balaban J connectivity index is 1.74. The maximum absolute atomic E-state index is 12.0. The first kappa shape index (κ1) is 12.2. The minimum atomic E-state index is -0.00219. The van der Waals surface area contributed by atoms with Crippen LogP contribution in [0.3, 0.4) is 0 Å². The first-order chi connectivity index (χ1) is 8.74. The van der Waals surface area contributed by atoms with Gasteiger partial charge in [0, 0.05) is 30.6 Å². The number of carbonyl (C=O) groups is 1. The molecule has 0 spiro atoms. The molecule has 18 heavy (non-hydrogen) atoms. The van der Waals surface area contributed by atoms with Gasteiger partial charge in [-0.25, -0.2) is 0 Å². The summed E-state index contributed by atoms with van der Waals surface area (Å²) in [6, 6.07) is 2.33. The normalized spacial score (nSPS) is 19.9. The van der Waals surface area contributed by atoms with Gasteiger partial charge in [0.1, 0.15) is 4.88 Å². The van der Waals surface area contributed by atoms with Gasteiger partial charge >= 0.3 is 0 Å². The zero-order valence-electron chi connectivity index (χ0n) is 10.1. The van der Waals surface area contributed by atoms with E-state index in [4.69, 9.17) is 5.73 Å². The number of rotatable bonds is 3. The fourth-order valence-electron chi connectivity index (χ4n) is 1.99. The van der Waals surface area contributed by atoms with E-state index in [1.807, 2.05) is 17.8 Å². The number of hydrogen-bond acceptors (Lipinski definition) is 5. The molecule has 98 valence electrons. The van der Waals surface area contributed by atoms with Crippen LogP contribution in [-0.2, 0) is 0 Å². The van der Waals surface area contributed by atoms with Crippen molar-refractivity contribution in [3.63, 3.8) is 0 Å². The molecule has 0 unspecified atom stereocenters. The number of nitrogens with zero attached hydrogens (tertiary/aromatic N) is 1. The monoisotopic (exact) mass is 283 g/mol. The van der Waals surface area contributed by atoms with E-state index in [0.717, 1.165) is 42.4 Å². The van der Waals surface area contributed by atoms with E-state index < -0.39 is 0 Å². The summed E-state index contributed by atoms with van der Waals surface area (Å²) < 4.78 is 0. The van der Waals surface area contributed by atoms with Crippen LogP contribution in [0.2, 0.25) is 0 Å². The Labute approximate surface area is 115 Å². The number of nitrogens with one attached hydrogen (secondary N) is 1. The minimum absolute atomic E-state index is 0.00219. The molecule has 0 aromatic carbocycles. The first-order valence-corrected chi connectivity index (χ1v) is 8.24. The number of nitrogens with two attached hydrogens (primary N) is 1. The van der Waals surface area contributed by atoms with E-state index in [2.05, 4.69) is 10.2 Å². The van der Waals surface area contributed by atoms with Gasteiger partial charge in [0.2, 0.25) is 0 Å². The van der Waals surface area contributed by atoms with E-state index in [9.17, 15) is 4.79 Å².